The third kappa shape index (κ3) is 2.69. The summed E-state index contributed by atoms with van der Waals surface area (Å²) in [6, 6.07) is 2.48. The molecule has 18 heavy (non-hydrogen) atoms. The molecule has 1 rings (SSSR count). The maximum absolute atomic E-state index is 13.8. The normalized spacial score (nSPS) is 11.2. The Kier molecular flexibility index (Phi) is 4.11. The van der Waals surface area contributed by atoms with Crippen LogP contribution in [0.25, 0.3) is 0 Å². The van der Waals surface area contributed by atoms with Gasteiger partial charge in [-0.2, -0.15) is 0 Å². The summed E-state index contributed by atoms with van der Waals surface area (Å²) in [5, 5.41) is 8.50. The first kappa shape index (κ1) is 14.2. The second-order valence-electron chi connectivity index (χ2n) is 3.75. The molecule has 0 aliphatic rings. The quantitative estimate of drug-likeness (QED) is 0.884. The van der Waals surface area contributed by atoms with Crippen LogP contribution in [-0.4, -0.2) is 25.3 Å². The van der Waals surface area contributed by atoms with Crippen LogP contribution in [-0.2, 0) is 10.7 Å². The molecule has 0 fully saturated rings. The number of hydrogen-bond acceptors (Lipinski definition) is 3. The zero-order chi connectivity index (χ0) is 13.9. The predicted octanol–water partition coefficient (Wildman–Crippen LogP) is 2.58. The molecule has 0 amide bonds. The topological polar surface area (TPSA) is 55.8 Å². The number of halogens is 2. The molecular formula is C12H14F2O4. The van der Waals surface area contributed by atoms with Crippen molar-refractivity contribution >= 4 is 5.97 Å². The van der Waals surface area contributed by atoms with Crippen molar-refractivity contribution in [2.24, 2.45) is 0 Å². The molecule has 0 saturated carbocycles. The Hall–Kier alpha value is -1.85. The Morgan fingerprint density at radius 3 is 2.39 bits per heavy atom. The van der Waals surface area contributed by atoms with Gasteiger partial charge in [-0.3, -0.25) is 4.79 Å². The van der Waals surface area contributed by atoms with Crippen LogP contribution >= 0.6 is 0 Å². The summed E-state index contributed by atoms with van der Waals surface area (Å²) in [6.45, 7) is 1.57. The Labute approximate surface area is 103 Å². The molecule has 1 aromatic rings. The van der Waals surface area contributed by atoms with Crippen LogP contribution in [0.3, 0.4) is 0 Å². The van der Waals surface area contributed by atoms with E-state index in [2.05, 4.69) is 0 Å². The summed E-state index contributed by atoms with van der Waals surface area (Å²) >= 11 is 0. The molecule has 0 heterocycles. The Morgan fingerprint density at radius 1 is 1.33 bits per heavy atom. The third-order valence-electron chi connectivity index (χ3n) is 2.55. The summed E-state index contributed by atoms with van der Waals surface area (Å²) in [7, 11) is 2.67. The van der Waals surface area contributed by atoms with E-state index in [0.717, 1.165) is 6.07 Å². The molecule has 0 aliphatic heterocycles. The summed E-state index contributed by atoms with van der Waals surface area (Å²) in [5.41, 5.74) is -0.0479. The molecule has 0 aliphatic carbocycles. The van der Waals surface area contributed by atoms with E-state index in [1.54, 1.807) is 6.92 Å². The molecule has 6 heteroatoms. The van der Waals surface area contributed by atoms with Gasteiger partial charge in [-0.15, -0.1) is 0 Å². The molecule has 0 unspecified atom stereocenters. The van der Waals surface area contributed by atoms with Gasteiger partial charge in [0.1, 0.15) is 17.9 Å². The number of ether oxygens (including phenoxy) is 2. The zero-order valence-electron chi connectivity index (χ0n) is 10.3. The number of hydrogen-bond donors (Lipinski definition) is 1. The van der Waals surface area contributed by atoms with Gasteiger partial charge in [0.15, 0.2) is 0 Å². The van der Waals surface area contributed by atoms with E-state index in [0.29, 0.717) is 11.3 Å². The SMILES string of the molecule is COc1ccc(C(F)(F)CC(=O)O)c(OC)c1C. The highest BCUT2D eigenvalue weighted by Crippen LogP contribution is 2.42. The van der Waals surface area contributed by atoms with Gasteiger partial charge in [0.05, 0.1) is 19.8 Å². The van der Waals surface area contributed by atoms with Gasteiger partial charge < -0.3 is 14.6 Å². The lowest BCUT2D eigenvalue weighted by molar-refractivity contribution is -0.145. The van der Waals surface area contributed by atoms with E-state index < -0.39 is 23.9 Å². The molecule has 0 aromatic heterocycles. The van der Waals surface area contributed by atoms with E-state index in [4.69, 9.17) is 14.6 Å². The molecule has 0 bridgehead atoms. The number of alkyl halides is 2. The zero-order valence-corrected chi connectivity index (χ0v) is 10.3. The average Bonchev–Trinajstić information content (AvgIpc) is 2.26. The van der Waals surface area contributed by atoms with Gasteiger partial charge >= 0.3 is 5.97 Å². The molecule has 0 atom stereocenters. The summed E-state index contributed by atoms with van der Waals surface area (Å²) in [4.78, 5) is 10.5. The van der Waals surface area contributed by atoms with Crippen molar-refractivity contribution in [2.75, 3.05) is 14.2 Å². The molecule has 100 valence electrons. The van der Waals surface area contributed by atoms with Crippen LogP contribution in [0, 0.1) is 6.92 Å². The van der Waals surface area contributed by atoms with E-state index in [-0.39, 0.29) is 5.75 Å². The molecule has 0 spiro atoms. The van der Waals surface area contributed by atoms with Gasteiger partial charge in [0.25, 0.3) is 5.92 Å². The van der Waals surface area contributed by atoms with Crippen LogP contribution in [0.15, 0.2) is 12.1 Å². The minimum atomic E-state index is -3.49. The average molecular weight is 260 g/mol. The monoisotopic (exact) mass is 260 g/mol. The maximum atomic E-state index is 13.8. The Balaban J connectivity index is 3.32. The van der Waals surface area contributed by atoms with Gasteiger partial charge in [-0.25, -0.2) is 8.78 Å². The summed E-state index contributed by atoms with van der Waals surface area (Å²) < 4.78 is 37.5. The van der Waals surface area contributed by atoms with E-state index >= 15 is 0 Å². The van der Waals surface area contributed by atoms with Gasteiger partial charge in [-0.1, -0.05) is 0 Å². The minimum Gasteiger partial charge on any atom is -0.496 e. The fourth-order valence-corrected chi connectivity index (χ4v) is 1.73. The number of aliphatic carboxylic acids is 1. The largest absolute Gasteiger partial charge is 0.496 e. The van der Waals surface area contributed by atoms with Crippen molar-refractivity contribution in [3.8, 4) is 11.5 Å². The lowest BCUT2D eigenvalue weighted by Crippen LogP contribution is -2.20. The standard InChI is InChI=1S/C12H14F2O4/c1-7-9(17-2)5-4-8(11(7)18-3)12(13,14)6-10(15)16/h4-5H,6H2,1-3H3,(H,15,16). The first-order valence-corrected chi connectivity index (χ1v) is 5.15. The highest BCUT2D eigenvalue weighted by atomic mass is 19.3. The third-order valence-corrected chi connectivity index (χ3v) is 2.55. The smallest absolute Gasteiger partial charge is 0.309 e. The van der Waals surface area contributed by atoms with Crippen molar-refractivity contribution in [1.29, 1.82) is 0 Å². The van der Waals surface area contributed by atoms with Gasteiger partial charge in [0.2, 0.25) is 0 Å². The Morgan fingerprint density at radius 2 is 1.94 bits per heavy atom. The van der Waals surface area contributed by atoms with Crippen LogP contribution in [0.5, 0.6) is 11.5 Å². The van der Waals surface area contributed by atoms with Crippen molar-refractivity contribution in [2.45, 2.75) is 19.3 Å². The number of rotatable bonds is 5. The van der Waals surface area contributed by atoms with E-state index in [9.17, 15) is 13.6 Å². The van der Waals surface area contributed by atoms with Crippen molar-refractivity contribution in [3.63, 3.8) is 0 Å². The van der Waals surface area contributed by atoms with E-state index in [1.807, 2.05) is 0 Å². The van der Waals surface area contributed by atoms with Gasteiger partial charge in [0, 0.05) is 5.56 Å². The number of carboxylic acids is 1. The van der Waals surface area contributed by atoms with Crippen LogP contribution in [0.4, 0.5) is 8.78 Å². The number of methoxy groups -OCH3 is 2. The predicted molar refractivity (Wildman–Crippen MR) is 60.4 cm³/mol. The summed E-state index contributed by atoms with van der Waals surface area (Å²) in [5.74, 6) is -4.72. The van der Waals surface area contributed by atoms with Crippen LogP contribution in [0.2, 0.25) is 0 Å². The highest BCUT2D eigenvalue weighted by Gasteiger charge is 2.38. The summed E-state index contributed by atoms with van der Waals surface area (Å²) in [6.07, 6.45) is -1.28. The number of carboxylic acid groups (broad SMARTS) is 1. The Bertz CT molecular complexity index is 458. The minimum absolute atomic E-state index is 0.0550. The molecule has 0 saturated heterocycles. The van der Waals surface area contributed by atoms with Gasteiger partial charge in [-0.05, 0) is 19.1 Å². The van der Waals surface area contributed by atoms with Crippen LogP contribution < -0.4 is 9.47 Å². The molecule has 0 radical (unpaired) electrons. The lowest BCUT2D eigenvalue weighted by atomic mass is 10.0. The fraction of sp³-hybridized carbons (Fsp3) is 0.417. The molecule has 4 nitrogen and oxygen atoms in total. The highest BCUT2D eigenvalue weighted by molar-refractivity contribution is 5.69. The maximum Gasteiger partial charge on any atom is 0.309 e. The molecule has 1 N–H and O–H groups in total. The number of benzene rings is 1. The molecule has 1 aromatic carbocycles. The van der Waals surface area contributed by atoms with Crippen molar-refractivity contribution < 1.29 is 28.2 Å². The lowest BCUT2D eigenvalue weighted by Gasteiger charge is -2.20. The van der Waals surface area contributed by atoms with Crippen molar-refractivity contribution in [3.05, 3.63) is 23.3 Å². The fourth-order valence-electron chi connectivity index (χ4n) is 1.73. The number of carbonyl (C=O) groups is 1. The second-order valence-corrected chi connectivity index (χ2v) is 3.75. The van der Waals surface area contributed by atoms with E-state index in [1.165, 1.54) is 20.3 Å². The van der Waals surface area contributed by atoms with Crippen LogP contribution in [0.1, 0.15) is 17.5 Å². The molecular weight excluding hydrogens is 246 g/mol. The first-order valence-electron chi connectivity index (χ1n) is 5.15. The second kappa shape index (κ2) is 5.20. The van der Waals surface area contributed by atoms with Crippen molar-refractivity contribution in [1.82, 2.24) is 0 Å². The first-order chi connectivity index (χ1) is 8.33.